The molecule has 3 atom stereocenters. The molecule has 35 heavy (non-hydrogen) atoms. The number of carbonyl (C=O) groups is 1. The summed E-state index contributed by atoms with van der Waals surface area (Å²) in [5.41, 5.74) is 6.05. The predicted octanol–water partition coefficient (Wildman–Crippen LogP) is 4.34. The number of carbonyl (C=O) groups excluding carboxylic acids is 1. The molecule has 2 bridgehead atoms. The fraction of sp³-hybridized carbons (Fsp3) is 0.483. The summed E-state index contributed by atoms with van der Waals surface area (Å²) >= 11 is 0. The number of phenolic OH excluding ortho intramolecular Hbond substituents is 1. The molecule has 2 aromatic carbocycles. The van der Waals surface area contributed by atoms with Crippen LogP contribution in [0.25, 0.3) is 0 Å². The molecule has 3 fully saturated rings. The zero-order valence-corrected chi connectivity index (χ0v) is 20.6. The van der Waals surface area contributed by atoms with Gasteiger partial charge in [0.05, 0.1) is 6.04 Å². The Morgan fingerprint density at radius 3 is 2.31 bits per heavy atom. The number of nitrogens with one attached hydrogen (secondary N) is 1. The van der Waals surface area contributed by atoms with E-state index in [2.05, 4.69) is 45.0 Å². The highest BCUT2D eigenvalue weighted by Gasteiger charge is 2.43. The molecule has 0 spiro atoms. The van der Waals surface area contributed by atoms with Crippen LogP contribution in [0.15, 0.2) is 61.2 Å². The third-order valence-corrected chi connectivity index (χ3v) is 7.84. The van der Waals surface area contributed by atoms with E-state index in [0.717, 1.165) is 56.7 Å². The van der Waals surface area contributed by atoms with Crippen LogP contribution < -0.4 is 5.43 Å². The number of fused-ring (bicyclic) bond motifs is 2. The standard InChI is InChI=1S/C29H38N4O2/c1-2-16-31-20-25-14-15-26(21-31)33(25)28(24-8-7-9-27(34)19-24)22-10-12-23(13-11-22)29(35)30-32-17-5-3-4-6-18-32/h2,7-13,19,25-26,28,34H,1,3-6,14-18,20-21H2,(H,30,35). The monoisotopic (exact) mass is 474 g/mol. The Kier molecular flexibility index (Phi) is 7.51. The third kappa shape index (κ3) is 5.45. The first kappa shape index (κ1) is 24.0. The Balaban J connectivity index is 1.39. The number of hydrazine groups is 1. The van der Waals surface area contributed by atoms with E-state index in [1.807, 2.05) is 30.3 Å². The summed E-state index contributed by atoms with van der Waals surface area (Å²) in [6, 6.07) is 16.7. The minimum atomic E-state index is -0.0366. The summed E-state index contributed by atoms with van der Waals surface area (Å²) in [5.74, 6) is 0.254. The van der Waals surface area contributed by atoms with E-state index in [0.29, 0.717) is 23.4 Å². The van der Waals surface area contributed by atoms with Crippen molar-refractivity contribution < 1.29 is 9.90 Å². The van der Waals surface area contributed by atoms with E-state index in [4.69, 9.17) is 0 Å². The minimum absolute atomic E-state index is 0.0366. The molecule has 6 heteroatoms. The molecule has 186 valence electrons. The van der Waals surface area contributed by atoms with E-state index in [1.54, 1.807) is 6.07 Å². The van der Waals surface area contributed by atoms with Crippen molar-refractivity contribution in [2.75, 3.05) is 32.7 Å². The van der Waals surface area contributed by atoms with Crippen molar-refractivity contribution in [2.24, 2.45) is 0 Å². The lowest BCUT2D eigenvalue weighted by Gasteiger charge is -2.45. The van der Waals surface area contributed by atoms with Crippen LogP contribution in [0.4, 0.5) is 0 Å². The first-order valence-corrected chi connectivity index (χ1v) is 13.2. The van der Waals surface area contributed by atoms with Crippen molar-refractivity contribution in [1.29, 1.82) is 0 Å². The second-order valence-corrected chi connectivity index (χ2v) is 10.3. The second kappa shape index (κ2) is 10.9. The van der Waals surface area contributed by atoms with Gasteiger partial charge in [-0.15, -0.1) is 6.58 Å². The smallest absolute Gasteiger partial charge is 0.265 e. The maximum Gasteiger partial charge on any atom is 0.265 e. The van der Waals surface area contributed by atoms with Crippen molar-refractivity contribution in [3.63, 3.8) is 0 Å². The van der Waals surface area contributed by atoms with Gasteiger partial charge in [0.2, 0.25) is 0 Å². The first-order valence-electron chi connectivity index (χ1n) is 13.2. The molecule has 5 rings (SSSR count). The third-order valence-electron chi connectivity index (χ3n) is 7.84. The first-order chi connectivity index (χ1) is 17.1. The molecule has 0 aromatic heterocycles. The number of aromatic hydroxyl groups is 1. The summed E-state index contributed by atoms with van der Waals surface area (Å²) in [6.45, 7) is 8.77. The van der Waals surface area contributed by atoms with Gasteiger partial charge in [-0.1, -0.05) is 43.2 Å². The molecule has 0 saturated carbocycles. The summed E-state index contributed by atoms with van der Waals surface area (Å²) < 4.78 is 0. The lowest BCUT2D eigenvalue weighted by atomic mass is 9.93. The molecule has 3 aliphatic heterocycles. The maximum atomic E-state index is 12.9. The summed E-state index contributed by atoms with van der Waals surface area (Å²) in [7, 11) is 0. The van der Waals surface area contributed by atoms with Gasteiger partial charge in [0, 0.05) is 50.4 Å². The average molecular weight is 475 g/mol. The van der Waals surface area contributed by atoms with Gasteiger partial charge < -0.3 is 5.11 Å². The van der Waals surface area contributed by atoms with Crippen LogP contribution in [-0.2, 0) is 0 Å². The lowest BCUT2D eigenvalue weighted by Crippen LogP contribution is -2.54. The number of piperazine rings is 1. The lowest BCUT2D eigenvalue weighted by molar-refractivity contribution is 0.0499. The molecule has 1 amide bonds. The Hall–Kier alpha value is -2.67. The molecule has 2 aromatic rings. The van der Waals surface area contributed by atoms with Crippen LogP contribution >= 0.6 is 0 Å². The van der Waals surface area contributed by atoms with Crippen molar-refractivity contribution in [1.82, 2.24) is 20.2 Å². The fourth-order valence-corrected chi connectivity index (χ4v) is 6.22. The van der Waals surface area contributed by atoms with Crippen LogP contribution in [0.2, 0.25) is 0 Å². The molecule has 0 aliphatic carbocycles. The molecule has 2 N–H and O–H groups in total. The minimum Gasteiger partial charge on any atom is -0.508 e. The quantitative estimate of drug-likeness (QED) is 0.585. The molecule has 3 heterocycles. The number of hydrogen-bond donors (Lipinski definition) is 2. The second-order valence-electron chi connectivity index (χ2n) is 10.3. The van der Waals surface area contributed by atoms with Gasteiger partial charge >= 0.3 is 0 Å². The van der Waals surface area contributed by atoms with Crippen molar-refractivity contribution in [2.45, 2.75) is 56.7 Å². The number of likely N-dealkylation sites (tertiary alicyclic amines) is 1. The zero-order chi connectivity index (χ0) is 24.2. The highest BCUT2D eigenvalue weighted by molar-refractivity contribution is 5.93. The highest BCUT2D eigenvalue weighted by Crippen LogP contribution is 2.41. The Bertz CT molecular complexity index is 1000. The molecular weight excluding hydrogens is 436 g/mol. The van der Waals surface area contributed by atoms with E-state index in [9.17, 15) is 9.90 Å². The SMILES string of the molecule is C=CCN1CC2CCC(C1)N2C(c1ccc(C(=O)NN2CCCCCC2)cc1)c1cccc(O)c1. The average Bonchev–Trinajstić information content (AvgIpc) is 3.02. The van der Waals surface area contributed by atoms with Gasteiger partial charge in [-0.3, -0.25) is 20.0 Å². The molecule has 3 saturated heterocycles. The number of rotatable bonds is 7. The van der Waals surface area contributed by atoms with E-state index < -0.39 is 0 Å². The molecule has 0 radical (unpaired) electrons. The topological polar surface area (TPSA) is 59.0 Å². The van der Waals surface area contributed by atoms with Gasteiger partial charge in [0.1, 0.15) is 5.75 Å². The molecule has 3 aliphatic rings. The number of amides is 1. The van der Waals surface area contributed by atoms with E-state index in [1.165, 1.54) is 25.7 Å². The summed E-state index contributed by atoms with van der Waals surface area (Å²) in [5, 5.41) is 12.3. The van der Waals surface area contributed by atoms with Gasteiger partial charge in [0.25, 0.3) is 5.91 Å². The van der Waals surface area contributed by atoms with Crippen molar-refractivity contribution in [3.8, 4) is 5.75 Å². The number of nitrogens with zero attached hydrogens (tertiary/aromatic N) is 3. The van der Waals surface area contributed by atoms with Gasteiger partial charge in [-0.25, -0.2) is 5.01 Å². The van der Waals surface area contributed by atoms with Gasteiger partial charge in [0.15, 0.2) is 0 Å². The van der Waals surface area contributed by atoms with Crippen LogP contribution in [0.5, 0.6) is 5.75 Å². The summed E-state index contributed by atoms with van der Waals surface area (Å²) in [4.78, 5) is 18.1. The molecule has 3 unspecified atom stereocenters. The zero-order valence-electron chi connectivity index (χ0n) is 20.6. The van der Waals surface area contributed by atoms with Crippen LogP contribution in [0, 0.1) is 0 Å². The molecule has 6 nitrogen and oxygen atoms in total. The Morgan fingerprint density at radius 2 is 1.69 bits per heavy atom. The van der Waals surface area contributed by atoms with Crippen molar-refractivity contribution >= 4 is 5.91 Å². The van der Waals surface area contributed by atoms with E-state index in [-0.39, 0.29) is 11.9 Å². The number of hydrogen-bond acceptors (Lipinski definition) is 5. The molecular formula is C29H38N4O2. The fourth-order valence-electron chi connectivity index (χ4n) is 6.22. The largest absolute Gasteiger partial charge is 0.508 e. The van der Waals surface area contributed by atoms with Gasteiger partial charge in [-0.2, -0.15) is 0 Å². The van der Waals surface area contributed by atoms with Crippen LogP contribution in [0.3, 0.4) is 0 Å². The number of phenols is 1. The predicted molar refractivity (Wildman–Crippen MR) is 139 cm³/mol. The Morgan fingerprint density at radius 1 is 1.00 bits per heavy atom. The highest BCUT2D eigenvalue weighted by atomic mass is 16.3. The van der Waals surface area contributed by atoms with Crippen molar-refractivity contribution in [3.05, 3.63) is 77.9 Å². The Labute approximate surface area is 209 Å². The van der Waals surface area contributed by atoms with Gasteiger partial charge in [-0.05, 0) is 61.1 Å². The van der Waals surface area contributed by atoms with E-state index >= 15 is 0 Å². The number of benzene rings is 2. The maximum absolute atomic E-state index is 12.9. The summed E-state index contributed by atoms with van der Waals surface area (Å²) in [6.07, 6.45) is 9.11. The van der Waals surface area contributed by atoms with Crippen LogP contribution in [0.1, 0.15) is 66.1 Å². The normalized spacial score (nSPS) is 24.6. The van der Waals surface area contributed by atoms with Crippen LogP contribution in [-0.4, -0.2) is 70.6 Å².